The number of benzene rings is 1. The predicted molar refractivity (Wildman–Crippen MR) is 86.3 cm³/mol. The number of halogens is 1. The van der Waals surface area contributed by atoms with Crippen LogP contribution < -0.4 is 0 Å². The number of nitrogens with zero attached hydrogens (tertiary/aromatic N) is 2. The maximum absolute atomic E-state index is 12.7. The molecule has 0 saturated heterocycles. The van der Waals surface area contributed by atoms with E-state index in [1.807, 2.05) is 35.2 Å². The van der Waals surface area contributed by atoms with Gasteiger partial charge in [-0.15, -0.1) is 0 Å². The molecule has 1 aromatic heterocycles. The van der Waals surface area contributed by atoms with Gasteiger partial charge in [0.25, 0.3) is 5.91 Å². The van der Waals surface area contributed by atoms with Crippen LogP contribution in [-0.4, -0.2) is 34.2 Å². The summed E-state index contributed by atoms with van der Waals surface area (Å²) in [4.78, 5) is 19.0. The Labute approximate surface area is 128 Å². The van der Waals surface area contributed by atoms with Crippen molar-refractivity contribution in [3.05, 3.63) is 42.1 Å². The zero-order chi connectivity index (χ0) is 14.4. The van der Waals surface area contributed by atoms with Gasteiger partial charge in [-0.1, -0.05) is 41.4 Å². The number of amides is 1. The second kappa shape index (κ2) is 7.39. The van der Waals surface area contributed by atoms with Crippen molar-refractivity contribution in [3.8, 4) is 0 Å². The summed E-state index contributed by atoms with van der Waals surface area (Å²) in [6.07, 6.45) is 3.87. The van der Waals surface area contributed by atoms with Crippen LogP contribution in [0.15, 0.2) is 36.5 Å². The molecule has 2 aromatic rings. The molecule has 1 amide bonds. The van der Waals surface area contributed by atoms with Crippen LogP contribution in [0.2, 0.25) is 0 Å². The first-order valence-corrected chi connectivity index (χ1v) is 8.09. The van der Waals surface area contributed by atoms with E-state index in [4.69, 9.17) is 0 Å². The zero-order valence-corrected chi connectivity index (χ0v) is 13.3. The maximum atomic E-state index is 12.7. The molecular weight excluding hydrogens is 316 g/mol. The molecule has 2 rings (SSSR count). The Morgan fingerprint density at radius 1 is 1.25 bits per heavy atom. The number of carbonyl (C=O) groups excluding carboxylic acids is 1. The molecule has 0 N–H and O–H groups in total. The van der Waals surface area contributed by atoms with Crippen LogP contribution in [0.1, 0.15) is 30.1 Å². The molecule has 1 aromatic carbocycles. The van der Waals surface area contributed by atoms with E-state index in [1.54, 1.807) is 6.20 Å². The number of alkyl halides is 1. The van der Waals surface area contributed by atoms with E-state index in [2.05, 4.69) is 27.8 Å². The molecule has 0 saturated carbocycles. The van der Waals surface area contributed by atoms with Crippen LogP contribution in [0.4, 0.5) is 0 Å². The van der Waals surface area contributed by atoms with Crippen LogP contribution in [0, 0.1) is 0 Å². The van der Waals surface area contributed by atoms with Gasteiger partial charge in [-0.2, -0.15) is 0 Å². The number of fused-ring (bicyclic) bond motifs is 1. The number of hydrogen-bond acceptors (Lipinski definition) is 2. The van der Waals surface area contributed by atoms with Crippen molar-refractivity contribution in [2.75, 3.05) is 18.4 Å². The first-order valence-electron chi connectivity index (χ1n) is 6.97. The summed E-state index contributed by atoms with van der Waals surface area (Å²) in [5.74, 6) is 0.0940. The van der Waals surface area contributed by atoms with Crippen molar-refractivity contribution < 1.29 is 4.79 Å². The van der Waals surface area contributed by atoms with E-state index in [-0.39, 0.29) is 5.91 Å². The SMILES string of the molecule is CCCCN(CCBr)C(=O)c1cccc2ncccc12. The summed E-state index contributed by atoms with van der Waals surface area (Å²) < 4.78 is 0. The molecule has 20 heavy (non-hydrogen) atoms. The molecule has 0 aliphatic heterocycles. The number of rotatable bonds is 6. The molecule has 1 heterocycles. The van der Waals surface area contributed by atoms with E-state index >= 15 is 0 Å². The monoisotopic (exact) mass is 334 g/mol. The van der Waals surface area contributed by atoms with Crippen molar-refractivity contribution in [2.24, 2.45) is 0 Å². The third kappa shape index (κ3) is 3.37. The van der Waals surface area contributed by atoms with E-state index in [0.29, 0.717) is 0 Å². The lowest BCUT2D eigenvalue weighted by Crippen LogP contribution is -2.33. The summed E-state index contributed by atoms with van der Waals surface area (Å²) in [6.45, 7) is 3.67. The van der Waals surface area contributed by atoms with Gasteiger partial charge in [0.15, 0.2) is 0 Å². The molecule has 0 aliphatic rings. The topological polar surface area (TPSA) is 33.2 Å². The molecule has 0 atom stereocenters. The second-order valence-electron chi connectivity index (χ2n) is 4.71. The highest BCUT2D eigenvalue weighted by molar-refractivity contribution is 9.09. The fourth-order valence-corrected chi connectivity index (χ4v) is 2.65. The van der Waals surface area contributed by atoms with Gasteiger partial charge >= 0.3 is 0 Å². The predicted octanol–water partition coefficient (Wildman–Crippen LogP) is 3.87. The highest BCUT2D eigenvalue weighted by Gasteiger charge is 2.17. The number of aromatic nitrogens is 1. The average Bonchev–Trinajstić information content (AvgIpc) is 2.50. The Morgan fingerprint density at radius 3 is 2.85 bits per heavy atom. The van der Waals surface area contributed by atoms with Crippen LogP contribution in [0.5, 0.6) is 0 Å². The van der Waals surface area contributed by atoms with Gasteiger partial charge < -0.3 is 4.90 Å². The largest absolute Gasteiger partial charge is 0.338 e. The van der Waals surface area contributed by atoms with Gasteiger partial charge in [-0.25, -0.2) is 0 Å². The summed E-state index contributed by atoms with van der Waals surface area (Å²) >= 11 is 3.43. The molecular formula is C16H19BrN2O. The Morgan fingerprint density at radius 2 is 2.10 bits per heavy atom. The van der Waals surface area contributed by atoms with Gasteiger partial charge in [0.1, 0.15) is 0 Å². The number of unbranched alkanes of at least 4 members (excludes halogenated alkanes) is 1. The minimum Gasteiger partial charge on any atom is -0.338 e. The molecule has 0 fully saturated rings. The van der Waals surface area contributed by atoms with Crippen LogP contribution in [-0.2, 0) is 0 Å². The van der Waals surface area contributed by atoms with Crippen molar-refractivity contribution in [2.45, 2.75) is 19.8 Å². The van der Waals surface area contributed by atoms with Crippen molar-refractivity contribution >= 4 is 32.7 Å². The minimum absolute atomic E-state index is 0.0940. The molecule has 0 unspecified atom stereocenters. The zero-order valence-electron chi connectivity index (χ0n) is 11.7. The van der Waals surface area contributed by atoms with Gasteiger partial charge in [-0.05, 0) is 24.6 Å². The van der Waals surface area contributed by atoms with E-state index in [1.165, 1.54) is 0 Å². The maximum Gasteiger partial charge on any atom is 0.254 e. The lowest BCUT2D eigenvalue weighted by atomic mass is 10.1. The normalized spacial score (nSPS) is 10.7. The van der Waals surface area contributed by atoms with E-state index < -0.39 is 0 Å². The van der Waals surface area contributed by atoms with Crippen LogP contribution in [0.3, 0.4) is 0 Å². The van der Waals surface area contributed by atoms with Crippen molar-refractivity contribution in [1.29, 1.82) is 0 Å². The van der Waals surface area contributed by atoms with Crippen LogP contribution in [0.25, 0.3) is 10.9 Å². The molecule has 0 spiro atoms. The smallest absolute Gasteiger partial charge is 0.254 e. The molecule has 106 valence electrons. The fraction of sp³-hybridized carbons (Fsp3) is 0.375. The first-order chi connectivity index (χ1) is 9.77. The highest BCUT2D eigenvalue weighted by Crippen LogP contribution is 2.18. The molecule has 0 bridgehead atoms. The van der Waals surface area contributed by atoms with E-state index in [0.717, 1.165) is 47.7 Å². The van der Waals surface area contributed by atoms with Gasteiger partial charge in [-0.3, -0.25) is 9.78 Å². The first kappa shape index (κ1) is 15.0. The van der Waals surface area contributed by atoms with Gasteiger partial charge in [0, 0.05) is 35.6 Å². The molecule has 3 nitrogen and oxygen atoms in total. The fourth-order valence-electron chi connectivity index (χ4n) is 2.23. The minimum atomic E-state index is 0.0940. The second-order valence-corrected chi connectivity index (χ2v) is 5.50. The third-order valence-corrected chi connectivity index (χ3v) is 3.65. The Balaban J connectivity index is 2.33. The van der Waals surface area contributed by atoms with E-state index in [9.17, 15) is 4.79 Å². The summed E-state index contributed by atoms with van der Waals surface area (Å²) in [7, 11) is 0. The lowest BCUT2D eigenvalue weighted by molar-refractivity contribution is 0.0766. The quantitative estimate of drug-likeness (QED) is 0.751. The summed E-state index contributed by atoms with van der Waals surface area (Å²) in [5.41, 5.74) is 1.61. The summed E-state index contributed by atoms with van der Waals surface area (Å²) in [6, 6.07) is 9.56. The summed E-state index contributed by atoms with van der Waals surface area (Å²) in [5, 5.41) is 1.72. The molecule has 4 heteroatoms. The number of pyridine rings is 1. The van der Waals surface area contributed by atoms with Crippen LogP contribution >= 0.6 is 15.9 Å². The standard InChI is InChI=1S/C16H19BrN2O/c1-2-3-11-19(12-9-17)16(20)14-6-4-8-15-13(14)7-5-10-18-15/h4-8,10H,2-3,9,11-12H2,1H3. The molecule has 0 radical (unpaired) electrons. The highest BCUT2D eigenvalue weighted by atomic mass is 79.9. The van der Waals surface area contributed by atoms with Crippen molar-refractivity contribution in [3.63, 3.8) is 0 Å². The Bertz CT molecular complexity index is 580. The van der Waals surface area contributed by atoms with Gasteiger partial charge in [0.05, 0.1) is 5.52 Å². The lowest BCUT2D eigenvalue weighted by Gasteiger charge is -2.22. The average molecular weight is 335 g/mol. The number of hydrogen-bond donors (Lipinski definition) is 0. The number of carbonyl (C=O) groups is 1. The molecule has 0 aliphatic carbocycles. The third-order valence-electron chi connectivity index (χ3n) is 3.30. The Hall–Kier alpha value is -1.42. The van der Waals surface area contributed by atoms with Gasteiger partial charge in [0.2, 0.25) is 0 Å². The van der Waals surface area contributed by atoms with Crippen molar-refractivity contribution in [1.82, 2.24) is 9.88 Å². The Kier molecular flexibility index (Phi) is 5.53.